The fourth-order valence-corrected chi connectivity index (χ4v) is 3.04. The van der Waals surface area contributed by atoms with E-state index in [9.17, 15) is 4.79 Å². The van der Waals surface area contributed by atoms with Crippen LogP contribution in [-0.2, 0) is 0 Å². The maximum Gasteiger partial charge on any atom is 0.251 e. The summed E-state index contributed by atoms with van der Waals surface area (Å²) >= 11 is 0. The second-order valence-electron chi connectivity index (χ2n) is 7.23. The number of benzene rings is 1. The van der Waals surface area contributed by atoms with Crippen molar-refractivity contribution in [1.29, 1.82) is 0 Å². The molecule has 1 heterocycles. The molecular formula is C19H28N2O2. The molecule has 1 amide bonds. The molecule has 0 radical (unpaired) electrons. The summed E-state index contributed by atoms with van der Waals surface area (Å²) in [5.74, 6) is 2.19. The minimum absolute atomic E-state index is 0.0155. The molecule has 2 fully saturated rings. The number of likely N-dealkylation sites (tertiary alicyclic amines) is 1. The summed E-state index contributed by atoms with van der Waals surface area (Å²) in [6.45, 7) is 8.26. The van der Waals surface area contributed by atoms with E-state index in [1.165, 1.54) is 19.3 Å². The number of carbonyl (C=O) groups excluding carboxylic acids is 1. The Morgan fingerprint density at radius 3 is 2.57 bits per heavy atom. The van der Waals surface area contributed by atoms with Crippen molar-refractivity contribution in [3.05, 3.63) is 29.8 Å². The third kappa shape index (κ3) is 4.71. The summed E-state index contributed by atoms with van der Waals surface area (Å²) in [5, 5.41) is 3.07. The molecule has 4 heteroatoms. The largest absolute Gasteiger partial charge is 0.493 e. The third-order valence-electron chi connectivity index (χ3n) is 4.90. The van der Waals surface area contributed by atoms with Crippen molar-refractivity contribution in [2.75, 3.05) is 26.2 Å². The van der Waals surface area contributed by atoms with Gasteiger partial charge in [-0.1, -0.05) is 0 Å². The van der Waals surface area contributed by atoms with Gasteiger partial charge in [0.15, 0.2) is 0 Å². The SMILES string of the molecule is CC(C)N1CCC(CNC(=O)c2ccc(OCC3CC3)cc2)C1. The molecule has 1 aromatic carbocycles. The normalized spacial score (nSPS) is 21.6. The van der Waals surface area contributed by atoms with Crippen LogP contribution in [0.3, 0.4) is 0 Å². The maximum absolute atomic E-state index is 12.2. The Hall–Kier alpha value is -1.55. The quantitative estimate of drug-likeness (QED) is 0.841. The Balaban J connectivity index is 1.42. The van der Waals surface area contributed by atoms with E-state index < -0.39 is 0 Å². The average molecular weight is 316 g/mol. The Morgan fingerprint density at radius 1 is 1.22 bits per heavy atom. The highest BCUT2D eigenvalue weighted by molar-refractivity contribution is 5.94. The molecule has 1 aromatic rings. The number of amides is 1. The number of rotatable bonds is 7. The fraction of sp³-hybridized carbons (Fsp3) is 0.632. The van der Waals surface area contributed by atoms with Crippen molar-refractivity contribution in [3.8, 4) is 5.75 Å². The summed E-state index contributed by atoms with van der Waals surface area (Å²) in [6, 6.07) is 8.10. The Kier molecular flexibility index (Phi) is 5.21. The number of nitrogens with one attached hydrogen (secondary N) is 1. The van der Waals surface area contributed by atoms with Gasteiger partial charge in [-0.25, -0.2) is 0 Å². The third-order valence-corrected chi connectivity index (χ3v) is 4.90. The van der Waals surface area contributed by atoms with Gasteiger partial charge in [0.05, 0.1) is 6.61 Å². The topological polar surface area (TPSA) is 41.6 Å². The first-order valence-electron chi connectivity index (χ1n) is 8.87. The van der Waals surface area contributed by atoms with Gasteiger partial charge in [-0.05, 0) is 75.8 Å². The molecule has 23 heavy (non-hydrogen) atoms. The van der Waals surface area contributed by atoms with Crippen molar-refractivity contribution in [1.82, 2.24) is 10.2 Å². The van der Waals surface area contributed by atoms with Crippen LogP contribution < -0.4 is 10.1 Å². The van der Waals surface area contributed by atoms with E-state index in [1.807, 2.05) is 24.3 Å². The lowest BCUT2D eigenvalue weighted by Gasteiger charge is -2.20. The van der Waals surface area contributed by atoms with Gasteiger partial charge in [0.2, 0.25) is 0 Å². The lowest BCUT2D eigenvalue weighted by atomic mass is 10.1. The number of nitrogens with zero attached hydrogens (tertiary/aromatic N) is 1. The van der Waals surface area contributed by atoms with Gasteiger partial charge in [-0.2, -0.15) is 0 Å². The lowest BCUT2D eigenvalue weighted by Crippen LogP contribution is -2.32. The highest BCUT2D eigenvalue weighted by Crippen LogP contribution is 2.29. The van der Waals surface area contributed by atoms with Crippen LogP contribution in [0, 0.1) is 11.8 Å². The van der Waals surface area contributed by atoms with Crippen LogP contribution in [0.4, 0.5) is 0 Å². The highest BCUT2D eigenvalue weighted by atomic mass is 16.5. The van der Waals surface area contributed by atoms with Crippen molar-refractivity contribution in [3.63, 3.8) is 0 Å². The van der Waals surface area contributed by atoms with Gasteiger partial charge in [0, 0.05) is 24.7 Å². The summed E-state index contributed by atoms with van der Waals surface area (Å²) in [6.07, 6.45) is 3.75. The minimum atomic E-state index is 0.0155. The van der Waals surface area contributed by atoms with E-state index in [-0.39, 0.29) is 5.91 Å². The number of hydrogen-bond donors (Lipinski definition) is 1. The molecule has 0 spiro atoms. The molecule has 1 aliphatic carbocycles. The zero-order valence-electron chi connectivity index (χ0n) is 14.3. The molecule has 0 bridgehead atoms. The second kappa shape index (κ2) is 7.35. The van der Waals surface area contributed by atoms with Crippen molar-refractivity contribution >= 4 is 5.91 Å². The molecule has 1 aliphatic heterocycles. The number of hydrogen-bond acceptors (Lipinski definition) is 3. The smallest absolute Gasteiger partial charge is 0.251 e. The zero-order chi connectivity index (χ0) is 16.2. The van der Waals surface area contributed by atoms with E-state index in [2.05, 4.69) is 24.1 Å². The van der Waals surface area contributed by atoms with E-state index in [1.54, 1.807) is 0 Å². The van der Waals surface area contributed by atoms with E-state index in [4.69, 9.17) is 4.74 Å². The second-order valence-corrected chi connectivity index (χ2v) is 7.23. The van der Waals surface area contributed by atoms with Crippen LogP contribution in [0.25, 0.3) is 0 Å². The molecule has 1 atom stereocenters. The molecule has 1 saturated carbocycles. The first-order valence-corrected chi connectivity index (χ1v) is 8.87. The molecule has 2 aliphatic rings. The average Bonchev–Trinajstić information content (AvgIpc) is 3.26. The first-order chi connectivity index (χ1) is 11.1. The van der Waals surface area contributed by atoms with Gasteiger partial charge >= 0.3 is 0 Å². The van der Waals surface area contributed by atoms with Crippen molar-refractivity contribution < 1.29 is 9.53 Å². The molecular weight excluding hydrogens is 288 g/mol. The van der Waals surface area contributed by atoms with Crippen molar-refractivity contribution in [2.45, 2.75) is 39.2 Å². The van der Waals surface area contributed by atoms with E-state index in [0.717, 1.165) is 37.9 Å². The maximum atomic E-state index is 12.2. The van der Waals surface area contributed by atoms with Crippen LogP contribution in [0.1, 0.15) is 43.5 Å². The van der Waals surface area contributed by atoms with E-state index >= 15 is 0 Å². The van der Waals surface area contributed by atoms with Gasteiger partial charge in [0.1, 0.15) is 5.75 Å². The molecule has 1 saturated heterocycles. The van der Waals surface area contributed by atoms with E-state index in [0.29, 0.717) is 17.5 Å². The summed E-state index contributed by atoms with van der Waals surface area (Å²) in [7, 11) is 0. The van der Waals surface area contributed by atoms with Crippen LogP contribution in [0.5, 0.6) is 5.75 Å². The Morgan fingerprint density at radius 2 is 1.96 bits per heavy atom. The Labute approximate surface area is 139 Å². The molecule has 126 valence electrons. The van der Waals surface area contributed by atoms with Crippen LogP contribution in [0.2, 0.25) is 0 Å². The van der Waals surface area contributed by atoms with Crippen LogP contribution >= 0.6 is 0 Å². The first kappa shape index (κ1) is 16.3. The number of carbonyl (C=O) groups is 1. The summed E-state index contributed by atoms with van der Waals surface area (Å²) < 4.78 is 5.70. The Bertz CT molecular complexity index is 523. The summed E-state index contributed by atoms with van der Waals surface area (Å²) in [4.78, 5) is 14.7. The van der Waals surface area contributed by atoms with Gasteiger partial charge in [0.25, 0.3) is 5.91 Å². The van der Waals surface area contributed by atoms with Gasteiger partial charge in [-0.3, -0.25) is 4.79 Å². The lowest BCUT2D eigenvalue weighted by molar-refractivity contribution is 0.0947. The standard InChI is InChI=1S/C19H28N2O2/c1-14(2)21-10-9-16(12-21)11-20-19(22)17-5-7-18(8-6-17)23-13-15-3-4-15/h5-8,14-16H,3-4,9-13H2,1-2H3,(H,20,22). The molecule has 3 rings (SSSR count). The predicted octanol–water partition coefficient (Wildman–Crippen LogP) is 2.94. The minimum Gasteiger partial charge on any atom is -0.493 e. The molecule has 0 aromatic heterocycles. The molecule has 1 unspecified atom stereocenters. The van der Waals surface area contributed by atoms with Crippen LogP contribution in [-0.4, -0.2) is 43.1 Å². The van der Waals surface area contributed by atoms with Gasteiger partial charge < -0.3 is 15.0 Å². The highest BCUT2D eigenvalue weighted by Gasteiger charge is 2.24. The van der Waals surface area contributed by atoms with Gasteiger partial charge in [-0.15, -0.1) is 0 Å². The zero-order valence-corrected chi connectivity index (χ0v) is 14.3. The van der Waals surface area contributed by atoms with Crippen LogP contribution in [0.15, 0.2) is 24.3 Å². The monoisotopic (exact) mass is 316 g/mol. The molecule has 1 N–H and O–H groups in total. The van der Waals surface area contributed by atoms with Crippen molar-refractivity contribution in [2.24, 2.45) is 11.8 Å². The predicted molar refractivity (Wildman–Crippen MR) is 91.8 cm³/mol. The fourth-order valence-electron chi connectivity index (χ4n) is 3.04. The number of ether oxygens (including phenoxy) is 1. The molecule has 4 nitrogen and oxygen atoms in total. The summed E-state index contributed by atoms with van der Waals surface area (Å²) in [5.41, 5.74) is 0.711.